The van der Waals surface area contributed by atoms with Crippen molar-refractivity contribution in [2.45, 2.75) is 6.92 Å². The predicted molar refractivity (Wildman–Crippen MR) is 70.2 cm³/mol. The minimum atomic E-state index is -1.27. The van der Waals surface area contributed by atoms with Gasteiger partial charge in [-0.25, -0.2) is 18.6 Å². The van der Waals surface area contributed by atoms with Gasteiger partial charge in [-0.05, 0) is 37.3 Å². The van der Waals surface area contributed by atoms with E-state index >= 15 is 0 Å². The van der Waals surface area contributed by atoms with Crippen LogP contribution < -0.4 is 4.90 Å². The molecular formula is C14H12F2N2O2. The van der Waals surface area contributed by atoms with Gasteiger partial charge in [0.05, 0.1) is 6.20 Å². The zero-order valence-electron chi connectivity index (χ0n) is 10.7. The monoisotopic (exact) mass is 278 g/mol. The summed E-state index contributed by atoms with van der Waals surface area (Å²) in [5.41, 5.74) is 0.340. The Morgan fingerprint density at radius 3 is 2.45 bits per heavy atom. The number of rotatable bonds is 4. The quantitative estimate of drug-likeness (QED) is 0.933. The topological polar surface area (TPSA) is 53.4 Å². The molecule has 0 radical (unpaired) electrons. The summed E-state index contributed by atoms with van der Waals surface area (Å²) in [6.45, 7) is 2.20. The molecule has 0 fully saturated rings. The van der Waals surface area contributed by atoms with E-state index in [1.165, 1.54) is 24.3 Å². The molecule has 0 spiro atoms. The van der Waals surface area contributed by atoms with Crippen LogP contribution in [0, 0.1) is 11.6 Å². The van der Waals surface area contributed by atoms with Crippen LogP contribution in [0.3, 0.4) is 0 Å². The third-order valence-electron chi connectivity index (χ3n) is 2.77. The highest BCUT2D eigenvalue weighted by molar-refractivity contribution is 5.94. The number of anilines is 2. The van der Waals surface area contributed by atoms with Gasteiger partial charge in [0.2, 0.25) is 0 Å². The maximum Gasteiger partial charge on any atom is 0.339 e. The minimum Gasteiger partial charge on any atom is -0.478 e. The third-order valence-corrected chi connectivity index (χ3v) is 2.77. The first-order valence-corrected chi connectivity index (χ1v) is 5.95. The Kier molecular flexibility index (Phi) is 3.93. The Bertz CT molecular complexity index is 630. The molecule has 0 atom stereocenters. The summed E-state index contributed by atoms with van der Waals surface area (Å²) in [5.74, 6) is -2.27. The lowest BCUT2D eigenvalue weighted by atomic mass is 10.2. The number of benzene rings is 1. The molecule has 6 heteroatoms. The summed E-state index contributed by atoms with van der Waals surface area (Å²) in [6, 6.07) is 6.46. The molecule has 0 unspecified atom stereocenters. The Morgan fingerprint density at radius 1 is 1.25 bits per heavy atom. The SMILES string of the molecule is CCN(c1ccc(F)cc1)c1ncc(F)cc1C(=O)O. The predicted octanol–water partition coefficient (Wildman–Crippen LogP) is 3.22. The molecule has 0 saturated carbocycles. The summed E-state index contributed by atoms with van der Waals surface area (Å²) in [4.78, 5) is 16.6. The molecule has 0 aliphatic carbocycles. The van der Waals surface area contributed by atoms with Crippen molar-refractivity contribution < 1.29 is 18.7 Å². The van der Waals surface area contributed by atoms with Gasteiger partial charge in [0.15, 0.2) is 0 Å². The van der Waals surface area contributed by atoms with Gasteiger partial charge in [0.1, 0.15) is 23.0 Å². The number of carboxylic acids is 1. The summed E-state index contributed by atoms with van der Waals surface area (Å²) < 4.78 is 26.1. The van der Waals surface area contributed by atoms with E-state index < -0.39 is 17.6 Å². The van der Waals surface area contributed by atoms with E-state index in [1.807, 2.05) is 0 Å². The first-order chi connectivity index (χ1) is 9.52. The normalized spacial score (nSPS) is 10.3. The highest BCUT2D eigenvalue weighted by Gasteiger charge is 2.19. The maximum absolute atomic E-state index is 13.1. The van der Waals surface area contributed by atoms with Crippen LogP contribution in [0.25, 0.3) is 0 Å². The zero-order chi connectivity index (χ0) is 14.7. The second-order valence-corrected chi connectivity index (χ2v) is 4.05. The van der Waals surface area contributed by atoms with Crippen LogP contribution in [0.5, 0.6) is 0 Å². The van der Waals surface area contributed by atoms with E-state index in [0.29, 0.717) is 12.2 Å². The number of pyridine rings is 1. The van der Waals surface area contributed by atoms with Crippen LogP contribution in [-0.4, -0.2) is 22.6 Å². The summed E-state index contributed by atoms with van der Waals surface area (Å²) in [7, 11) is 0. The van der Waals surface area contributed by atoms with Crippen molar-refractivity contribution in [2.24, 2.45) is 0 Å². The molecule has 20 heavy (non-hydrogen) atoms. The average Bonchev–Trinajstić information content (AvgIpc) is 2.43. The van der Waals surface area contributed by atoms with Gasteiger partial charge >= 0.3 is 5.97 Å². The molecule has 2 rings (SSSR count). The van der Waals surface area contributed by atoms with E-state index in [1.54, 1.807) is 11.8 Å². The molecule has 0 aliphatic rings. The number of nitrogens with zero attached hydrogens (tertiary/aromatic N) is 2. The summed E-state index contributed by atoms with van der Waals surface area (Å²) >= 11 is 0. The van der Waals surface area contributed by atoms with Crippen molar-refractivity contribution in [1.29, 1.82) is 0 Å². The van der Waals surface area contributed by atoms with Gasteiger partial charge in [-0.15, -0.1) is 0 Å². The highest BCUT2D eigenvalue weighted by Crippen LogP contribution is 2.27. The number of hydrogen-bond donors (Lipinski definition) is 1. The summed E-state index contributed by atoms with van der Waals surface area (Å²) in [6.07, 6.45) is 0.952. The summed E-state index contributed by atoms with van der Waals surface area (Å²) in [5, 5.41) is 9.13. The Labute approximate surface area is 114 Å². The smallest absolute Gasteiger partial charge is 0.339 e. The van der Waals surface area contributed by atoms with Crippen molar-refractivity contribution in [3.63, 3.8) is 0 Å². The van der Waals surface area contributed by atoms with Gasteiger partial charge in [0.25, 0.3) is 0 Å². The average molecular weight is 278 g/mol. The number of halogens is 2. The molecule has 0 amide bonds. The van der Waals surface area contributed by atoms with E-state index in [0.717, 1.165) is 12.3 Å². The molecule has 0 bridgehead atoms. The third kappa shape index (κ3) is 2.74. The Hall–Kier alpha value is -2.50. The van der Waals surface area contributed by atoms with E-state index in [4.69, 9.17) is 5.11 Å². The maximum atomic E-state index is 13.1. The fourth-order valence-electron chi connectivity index (χ4n) is 1.88. The number of hydrogen-bond acceptors (Lipinski definition) is 3. The Balaban J connectivity index is 2.51. The van der Waals surface area contributed by atoms with Crippen molar-refractivity contribution in [3.05, 3.63) is 53.7 Å². The van der Waals surface area contributed by atoms with Gasteiger partial charge in [-0.1, -0.05) is 0 Å². The van der Waals surface area contributed by atoms with Crippen LogP contribution in [0.4, 0.5) is 20.3 Å². The van der Waals surface area contributed by atoms with Crippen LogP contribution in [0.2, 0.25) is 0 Å². The molecule has 1 N–H and O–H groups in total. The van der Waals surface area contributed by atoms with E-state index in [-0.39, 0.29) is 11.4 Å². The molecular weight excluding hydrogens is 266 g/mol. The molecule has 104 valence electrons. The van der Waals surface area contributed by atoms with Crippen LogP contribution in [0.1, 0.15) is 17.3 Å². The first kappa shape index (κ1) is 13.9. The van der Waals surface area contributed by atoms with E-state index in [2.05, 4.69) is 4.98 Å². The lowest BCUT2D eigenvalue weighted by molar-refractivity contribution is 0.0696. The molecule has 1 heterocycles. The standard InChI is InChI=1S/C14H12F2N2O2/c1-2-18(11-5-3-9(15)4-6-11)13-12(14(19)20)7-10(16)8-17-13/h3-8H,2H2,1H3,(H,19,20). The largest absolute Gasteiger partial charge is 0.478 e. The molecule has 0 aliphatic heterocycles. The number of carbonyl (C=O) groups is 1. The van der Waals surface area contributed by atoms with E-state index in [9.17, 15) is 13.6 Å². The fraction of sp³-hybridized carbons (Fsp3) is 0.143. The number of carboxylic acid groups (broad SMARTS) is 1. The number of aromatic carboxylic acids is 1. The van der Waals surface area contributed by atoms with Crippen molar-refractivity contribution in [3.8, 4) is 0 Å². The zero-order valence-corrected chi connectivity index (χ0v) is 10.7. The second-order valence-electron chi connectivity index (χ2n) is 4.05. The first-order valence-electron chi connectivity index (χ1n) is 5.95. The van der Waals surface area contributed by atoms with Crippen LogP contribution in [0.15, 0.2) is 36.5 Å². The van der Waals surface area contributed by atoms with Gasteiger partial charge in [0, 0.05) is 12.2 Å². The highest BCUT2D eigenvalue weighted by atomic mass is 19.1. The van der Waals surface area contributed by atoms with Gasteiger partial charge < -0.3 is 10.0 Å². The van der Waals surface area contributed by atoms with Crippen LogP contribution >= 0.6 is 0 Å². The van der Waals surface area contributed by atoms with Crippen molar-refractivity contribution in [1.82, 2.24) is 4.98 Å². The minimum absolute atomic E-state index is 0.119. The molecule has 1 aromatic heterocycles. The van der Waals surface area contributed by atoms with Crippen molar-refractivity contribution in [2.75, 3.05) is 11.4 Å². The van der Waals surface area contributed by atoms with Gasteiger partial charge in [-0.2, -0.15) is 0 Å². The molecule has 1 aromatic carbocycles. The lowest BCUT2D eigenvalue weighted by Gasteiger charge is -2.23. The molecule has 2 aromatic rings. The lowest BCUT2D eigenvalue weighted by Crippen LogP contribution is -2.20. The number of aromatic nitrogens is 1. The fourth-order valence-corrected chi connectivity index (χ4v) is 1.88. The Morgan fingerprint density at radius 2 is 1.90 bits per heavy atom. The molecule has 0 saturated heterocycles. The van der Waals surface area contributed by atoms with Gasteiger partial charge in [-0.3, -0.25) is 0 Å². The van der Waals surface area contributed by atoms with Crippen molar-refractivity contribution >= 4 is 17.5 Å². The second kappa shape index (κ2) is 5.64. The molecule has 4 nitrogen and oxygen atoms in total. The van der Waals surface area contributed by atoms with Crippen LogP contribution in [-0.2, 0) is 0 Å².